The third-order valence-corrected chi connectivity index (χ3v) is 8.04. The summed E-state index contributed by atoms with van der Waals surface area (Å²) in [4.78, 5) is 17.2. The van der Waals surface area contributed by atoms with Gasteiger partial charge in [-0.2, -0.15) is 9.30 Å². The second-order valence-corrected chi connectivity index (χ2v) is 10.5. The molecule has 0 N–H and O–H groups in total. The summed E-state index contributed by atoms with van der Waals surface area (Å²) in [6.45, 7) is 4.23. The van der Waals surface area contributed by atoms with Gasteiger partial charge < -0.3 is 9.30 Å². The SMILES string of the molecule is C[C@H]1CN(S(=O)(=O)c2ccc(C(=O)N=c3sc4cccc(F)c4n3C)cc2)C[C@H](C)O1. The van der Waals surface area contributed by atoms with Crippen LogP contribution >= 0.6 is 11.3 Å². The average Bonchev–Trinajstić information content (AvgIpc) is 3.04. The van der Waals surface area contributed by atoms with Crippen LogP contribution in [0.5, 0.6) is 0 Å². The average molecular weight is 464 g/mol. The van der Waals surface area contributed by atoms with Crippen molar-refractivity contribution in [2.45, 2.75) is 31.0 Å². The molecule has 3 aromatic rings. The minimum Gasteiger partial charge on any atom is -0.373 e. The highest BCUT2D eigenvalue weighted by atomic mass is 32.2. The number of sulfonamides is 1. The van der Waals surface area contributed by atoms with E-state index in [1.807, 2.05) is 13.8 Å². The van der Waals surface area contributed by atoms with Gasteiger partial charge in [0.15, 0.2) is 4.80 Å². The summed E-state index contributed by atoms with van der Waals surface area (Å²) < 4.78 is 49.2. The topological polar surface area (TPSA) is 81.0 Å². The van der Waals surface area contributed by atoms with E-state index in [1.165, 1.54) is 50.5 Å². The largest absolute Gasteiger partial charge is 0.373 e. The number of morpholine rings is 1. The normalized spacial score (nSPS) is 21.0. The molecule has 2 atom stereocenters. The van der Waals surface area contributed by atoms with Crippen molar-refractivity contribution in [2.75, 3.05) is 13.1 Å². The van der Waals surface area contributed by atoms with Gasteiger partial charge >= 0.3 is 0 Å². The maximum absolute atomic E-state index is 14.1. The Balaban J connectivity index is 1.61. The highest BCUT2D eigenvalue weighted by molar-refractivity contribution is 7.89. The minimum atomic E-state index is -3.69. The number of ether oxygens (including phenoxy) is 1. The number of aryl methyl sites for hydroxylation is 1. The van der Waals surface area contributed by atoms with Gasteiger partial charge in [0, 0.05) is 25.7 Å². The summed E-state index contributed by atoms with van der Waals surface area (Å²) in [6, 6.07) is 10.4. The van der Waals surface area contributed by atoms with E-state index >= 15 is 0 Å². The number of carbonyl (C=O) groups excluding carboxylic acids is 1. The molecule has 164 valence electrons. The number of fused-ring (bicyclic) bond motifs is 1. The maximum atomic E-state index is 14.1. The molecule has 31 heavy (non-hydrogen) atoms. The van der Waals surface area contributed by atoms with Crippen molar-refractivity contribution in [1.82, 2.24) is 8.87 Å². The van der Waals surface area contributed by atoms with Crippen LogP contribution in [-0.4, -0.2) is 48.5 Å². The lowest BCUT2D eigenvalue weighted by Crippen LogP contribution is -2.48. The lowest BCUT2D eigenvalue weighted by atomic mass is 10.2. The van der Waals surface area contributed by atoms with Crippen LogP contribution in [0.4, 0.5) is 4.39 Å². The molecule has 4 rings (SSSR count). The molecule has 7 nitrogen and oxygen atoms in total. The van der Waals surface area contributed by atoms with E-state index in [2.05, 4.69) is 4.99 Å². The van der Waals surface area contributed by atoms with E-state index in [-0.39, 0.29) is 41.6 Å². The third kappa shape index (κ3) is 4.20. The molecule has 0 saturated carbocycles. The first-order chi connectivity index (χ1) is 14.7. The van der Waals surface area contributed by atoms with E-state index in [0.717, 1.165) is 0 Å². The summed E-state index contributed by atoms with van der Waals surface area (Å²) in [5.74, 6) is -0.911. The number of rotatable bonds is 3. The molecule has 2 heterocycles. The van der Waals surface area contributed by atoms with Gasteiger partial charge in [-0.05, 0) is 50.2 Å². The molecule has 0 radical (unpaired) electrons. The first kappa shape index (κ1) is 21.8. The van der Waals surface area contributed by atoms with Crippen molar-refractivity contribution >= 4 is 37.5 Å². The third-order valence-electron chi connectivity index (χ3n) is 5.10. The smallest absolute Gasteiger partial charge is 0.279 e. The lowest BCUT2D eigenvalue weighted by Gasteiger charge is -2.34. The first-order valence-corrected chi connectivity index (χ1v) is 12.0. The van der Waals surface area contributed by atoms with Crippen molar-refractivity contribution < 1.29 is 22.3 Å². The van der Waals surface area contributed by atoms with Gasteiger partial charge in [-0.25, -0.2) is 12.8 Å². The molecule has 2 aromatic carbocycles. The van der Waals surface area contributed by atoms with Crippen molar-refractivity contribution in [2.24, 2.45) is 12.0 Å². The van der Waals surface area contributed by atoms with Gasteiger partial charge in [-0.3, -0.25) is 4.79 Å². The second kappa shape index (κ2) is 8.27. The molecule has 0 spiro atoms. The number of thiazole rings is 1. The molecule has 1 aliphatic heterocycles. The second-order valence-electron chi connectivity index (χ2n) is 7.55. The number of hydrogen-bond acceptors (Lipinski definition) is 5. The molecule has 1 aliphatic rings. The van der Waals surface area contributed by atoms with E-state index < -0.39 is 15.9 Å². The highest BCUT2D eigenvalue weighted by Crippen LogP contribution is 2.22. The van der Waals surface area contributed by atoms with E-state index in [1.54, 1.807) is 19.2 Å². The Morgan fingerprint density at radius 2 is 1.77 bits per heavy atom. The Kier molecular flexibility index (Phi) is 5.82. The Hall–Kier alpha value is -2.40. The minimum absolute atomic E-state index is 0.111. The van der Waals surface area contributed by atoms with E-state index in [4.69, 9.17) is 4.74 Å². The van der Waals surface area contributed by atoms with Crippen LogP contribution in [0.1, 0.15) is 24.2 Å². The van der Waals surface area contributed by atoms with E-state index in [9.17, 15) is 17.6 Å². The number of aromatic nitrogens is 1. The highest BCUT2D eigenvalue weighted by Gasteiger charge is 2.32. The fourth-order valence-corrected chi connectivity index (χ4v) is 6.28. The summed E-state index contributed by atoms with van der Waals surface area (Å²) in [7, 11) is -2.04. The fraction of sp³-hybridized carbons (Fsp3) is 0.333. The molecular formula is C21H22FN3O4S2. The van der Waals surface area contributed by atoms with Crippen LogP contribution in [0.3, 0.4) is 0 Å². The van der Waals surface area contributed by atoms with Crippen LogP contribution in [-0.2, 0) is 21.8 Å². The van der Waals surface area contributed by atoms with Crippen LogP contribution in [0.25, 0.3) is 10.2 Å². The fourth-order valence-electron chi connectivity index (χ4n) is 3.66. The molecule has 1 amide bonds. The van der Waals surface area contributed by atoms with Gasteiger partial charge in [0.05, 0.1) is 27.3 Å². The summed E-state index contributed by atoms with van der Waals surface area (Å²) in [5.41, 5.74) is 0.634. The Morgan fingerprint density at radius 3 is 2.39 bits per heavy atom. The predicted octanol–water partition coefficient (Wildman–Crippen LogP) is 2.92. The monoisotopic (exact) mass is 463 g/mol. The number of hydrogen-bond donors (Lipinski definition) is 0. The van der Waals surface area contributed by atoms with Crippen LogP contribution in [0.2, 0.25) is 0 Å². The number of benzene rings is 2. The Bertz CT molecular complexity index is 1300. The standard InChI is InChI=1S/C21H22FN3O4S2/c1-13-11-25(12-14(2)29-13)31(27,28)16-9-7-15(8-10-16)20(26)23-21-24(3)19-17(22)5-4-6-18(19)30-21/h4-10,13-14H,11-12H2,1-3H3/t13-,14-/m0/s1. The van der Waals surface area contributed by atoms with Crippen LogP contribution in [0, 0.1) is 5.82 Å². The van der Waals surface area contributed by atoms with Crippen LogP contribution < -0.4 is 4.80 Å². The Labute approximate surface area is 183 Å². The van der Waals surface area contributed by atoms with Gasteiger partial charge in [0.25, 0.3) is 5.91 Å². The zero-order valence-corrected chi connectivity index (χ0v) is 18.9. The zero-order valence-electron chi connectivity index (χ0n) is 17.3. The maximum Gasteiger partial charge on any atom is 0.279 e. The molecule has 10 heteroatoms. The molecule has 1 fully saturated rings. The van der Waals surface area contributed by atoms with Crippen molar-refractivity contribution in [1.29, 1.82) is 0 Å². The molecule has 1 aromatic heterocycles. The molecule has 0 bridgehead atoms. The number of nitrogens with zero attached hydrogens (tertiary/aromatic N) is 3. The quantitative estimate of drug-likeness (QED) is 0.598. The number of para-hydroxylation sites is 1. The zero-order chi connectivity index (χ0) is 22.3. The summed E-state index contributed by atoms with van der Waals surface area (Å²) >= 11 is 1.21. The molecule has 1 saturated heterocycles. The van der Waals surface area contributed by atoms with E-state index in [0.29, 0.717) is 15.0 Å². The molecule has 0 aliphatic carbocycles. The lowest BCUT2D eigenvalue weighted by molar-refractivity contribution is -0.0440. The van der Waals surface area contributed by atoms with Crippen LogP contribution in [0.15, 0.2) is 52.4 Å². The van der Waals surface area contributed by atoms with Gasteiger partial charge in [0.1, 0.15) is 5.82 Å². The van der Waals surface area contributed by atoms with Crippen molar-refractivity contribution in [3.63, 3.8) is 0 Å². The number of carbonyl (C=O) groups is 1. The molecular weight excluding hydrogens is 441 g/mol. The van der Waals surface area contributed by atoms with Crippen molar-refractivity contribution in [3.8, 4) is 0 Å². The Morgan fingerprint density at radius 1 is 1.13 bits per heavy atom. The van der Waals surface area contributed by atoms with Gasteiger partial charge in [-0.1, -0.05) is 17.4 Å². The molecule has 0 unspecified atom stereocenters. The van der Waals surface area contributed by atoms with Gasteiger partial charge in [0.2, 0.25) is 10.0 Å². The summed E-state index contributed by atoms with van der Waals surface area (Å²) in [5, 5.41) is 0. The van der Waals surface area contributed by atoms with Crippen molar-refractivity contribution in [3.05, 3.63) is 58.6 Å². The van der Waals surface area contributed by atoms with Gasteiger partial charge in [-0.15, -0.1) is 0 Å². The predicted molar refractivity (Wildman–Crippen MR) is 116 cm³/mol. The number of amides is 1. The summed E-state index contributed by atoms with van der Waals surface area (Å²) in [6.07, 6.45) is -0.380. The first-order valence-electron chi connectivity index (χ1n) is 9.75. The number of halogens is 1.